The molecule has 0 unspecified atom stereocenters. The van der Waals surface area contributed by atoms with E-state index in [1.165, 1.54) is 0 Å². The van der Waals surface area contributed by atoms with Crippen LogP contribution in [0.5, 0.6) is 5.75 Å². The number of halogens is 1. The normalized spacial score (nSPS) is 10.9. The average Bonchev–Trinajstić information content (AvgIpc) is 2.62. The number of phenolic OH excluding ortho intramolecular Hbond substituents is 1. The highest BCUT2D eigenvalue weighted by Crippen LogP contribution is 2.33. The van der Waals surface area contributed by atoms with Crippen LogP contribution in [0.2, 0.25) is 5.02 Å². The Bertz CT molecular complexity index is 1080. The van der Waals surface area contributed by atoms with Crippen LogP contribution < -0.4 is 5.73 Å². The molecule has 4 aromatic rings. The predicted octanol–water partition coefficient (Wildman–Crippen LogP) is 4.30. The number of hydrogen-bond acceptors (Lipinski definition) is 5. The number of nitrogens with two attached hydrogens (primary N) is 1. The van der Waals surface area contributed by atoms with Crippen LogP contribution >= 0.6 is 11.6 Å². The molecule has 3 N–H and O–H groups in total. The molecule has 0 aliphatic carbocycles. The molecule has 25 heavy (non-hydrogen) atoms. The molecule has 2 aromatic carbocycles. The zero-order valence-electron chi connectivity index (χ0n) is 13.0. The summed E-state index contributed by atoms with van der Waals surface area (Å²) in [4.78, 5) is 12.9. The standard InChI is InChI=1S/C19H13ClN4O/c20-12-5-3-11(4-6-12)15-10-16(24-19(21)23-15)13-7-8-17(25)18-14(13)2-1-9-22-18/h1-10,25H,(H2,21,23,24). The molecule has 0 radical (unpaired) electrons. The van der Waals surface area contributed by atoms with E-state index < -0.39 is 0 Å². The van der Waals surface area contributed by atoms with Gasteiger partial charge in [-0.15, -0.1) is 0 Å². The summed E-state index contributed by atoms with van der Waals surface area (Å²) >= 11 is 5.95. The van der Waals surface area contributed by atoms with Crippen molar-refractivity contribution in [3.63, 3.8) is 0 Å². The van der Waals surface area contributed by atoms with Gasteiger partial charge in [0.15, 0.2) is 0 Å². The number of anilines is 1. The van der Waals surface area contributed by atoms with E-state index in [2.05, 4.69) is 15.0 Å². The van der Waals surface area contributed by atoms with Crippen LogP contribution in [0.1, 0.15) is 0 Å². The van der Waals surface area contributed by atoms with E-state index in [9.17, 15) is 5.11 Å². The third kappa shape index (κ3) is 2.86. The number of rotatable bonds is 2. The van der Waals surface area contributed by atoms with Gasteiger partial charge in [-0.25, -0.2) is 9.97 Å². The number of benzene rings is 2. The summed E-state index contributed by atoms with van der Waals surface area (Å²) in [6.07, 6.45) is 1.64. The molecule has 0 amide bonds. The molecule has 5 nitrogen and oxygen atoms in total. The van der Waals surface area contributed by atoms with Gasteiger partial charge in [0.05, 0.1) is 11.4 Å². The maximum Gasteiger partial charge on any atom is 0.221 e. The third-order valence-corrected chi connectivity index (χ3v) is 4.16. The smallest absolute Gasteiger partial charge is 0.221 e. The van der Waals surface area contributed by atoms with Crippen molar-refractivity contribution in [2.45, 2.75) is 0 Å². The number of fused-ring (bicyclic) bond motifs is 1. The minimum Gasteiger partial charge on any atom is -0.506 e. The van der Waals surface area contributed by atoms with E-state index in [0.717, 1.165) is 16.5 Å². The van der Waals surface area contributed by atoms with E-state index in [-0.39, 0.29) is 11.7 Å². The van der Waals surface area contributed by atoms with Gasteiger partial charge in [0.2, 0.25) is 5.95 Å². The van der Waals surface area contributed by atoms with E-state index in [1.54, 1.807) is 30.5 Å². The van der Waals surface area contributed by atoms with E-state index >= 15 is 0 Å². The Kier molecular flexibility index (Phi) is 3.71. The molecule has 0 fully saturated rings. The molecule has 0 aliphatic heterocycles. The number of aromatic nitrogens is 3. The van der Waals surface area contributed by atoms with Crippen LogP contribution in [0, 0.1) is 0 Å². The lowest BCUT2D eigenvalue weighted by molar-refractivity contribution is 0.480. The Morgan fingerprint density at radius 2 is 1.68 bits per heavy atom. The van der Waals surface area contributed by atoms with Crippen LogP contribution in [-0.4, -0.2) is 20.1 Å². The first kappa shape index (κ1) is 15.4. The van der Waals surface area contributed by atoms with Gasteiger partial charge in [-0.2, -0.15) is 0 Å². The zero-order valence-corrected chi connectivity index (χ0v) is 13.8. The summed E-state index contributed by atoms with van der Waals surface area (Å²) in [5.74, 6) is 0.298. The van der Waals surface area contributed by atoms with Gasteiger partial charge in [0.25, 0.3) is 0 Å². The average molecular weight is 349 g/mol. The van der Waals surface area contributed by atoms with Gasteiger partial charge in [0.1, 0.15) is 11.3 Å². The minimum atomic E-state index is 0.124. The van der Waals surface area contributed by atoms with Gasteiger partial charge >= 0.3 is 0 Å². The quantitative estimate of drug-likeness (QED) is 0.564. The number of hydrogen-bond donors (Lipinski definition) is 2. The fourth-order valence-electron chi connectivity index (χ4n) is 2.75. The van der Waals surface area contributed by atoms with Crippen LogP contribution in [0.15, 0.2) is 60.8 Å². The SMILES string of the molecule is Nc1nc(-c2ccc(Cl)cc2)cc(-c2ccc(O)c3ncccc23)n1. The summed E-state index contributed by atoms with van der Waals surface area (Å²) in [6, 6.07) is 16.3. The summed E-state index contributed by atoms with van der Waals surface area (Å²) in [5, 5.41) is 11.5. The number of nitrogens with zero attached hydrogens (tertiary/aromatic N) is 3. The molecule has 2 heterocycles. The third-order valence-electron chi connectivity index (χ3n) is 3.91. The van der Waals surface area contributed by atoms with Gasteiger partial charge in [-0.3, -0.25) is 4.98 Å². The fourth-order valence-corrected chi connectivity index (χ4v) is 2.88. The minimum absolute atomic E-state index is 0.124. The monoisotopic (exact) mass is 348 g/mol. The van der Waals surface area contributed by atoms with Crippen molar-refractivity contribution in [3.05, 3.63) is 65.8 Å². The predicted molar refractivity (Wildman–Crippen MR) is 99.3 cm³/mol. The van der Waals surface area contributed by atoms with Crippen LogP contribution in [0.4, 0.5) is 5.95 Å². The highest BCUT2D eigenvalue weighted by molar-refractivity contribution is 6.30. The summed E-state index contributed by atoms with van der Waals surface area (Å²) < 4.78 is 0. The Labute approximate surface area is 148 Å². The Balaban J connectivity index is 1.92. The Morgan fingerprint density at radius 1 is 0.920 bits per heavy atom. The van der Waals surface area contributed by atoms with Crippen molar-refractivity contribution in [1.82, 2.24) is 15.0 Å². The van der Waals surface area contributed by atoms with E-state index in [4.69, 9.17) is 17.3 Å². The molecule has 6 heteroatoms. The molecule has 0 atom stereocenters. The highest BCUT2D eigenvalue weighted by Gasteiger charge is 2.12. The van der Waals surface area contributed by atoms with Crippen molar-refractivity contribution < 1.29 is 5.11 Å². The molecule has 0 saturated heterocycles. The van der Waals surface area contributed by atoms with E-state index in [0.29, 0.717) is 21.9 Å². The molecule has 0 saturated carbocycles. The van der Waals surface area contributed by atoms with Gasteiger partial charge < -0.3 is 10.8 Å². The molecule has 0 bridgehead atoms. The first-order chi connectivity index (χ1) is 12.1. The number of pyridine rings is 1. The van der Waals surface area contributed by atoms with Crippen molar-refractivity contribution in [3.8, 4) is 28.3 Å². The zero-order chi connectivity index (χ0) is 17.4. The molecule has 0 spiro atoms. The van der Waals surface area contributed by atoms with Gasteiger partial charge in [-0.05, 0) is 36.4 Å². The molecular formula is C19H13ClN4O. The van der Waals surface area contributed by atoms with Gasteiger partial charge in [-0.1, -0.05) is 29.8 Å². The van der Waals surface area contributed by atoms with Crippen LogP contribution in [-0.2, 0) is 0 Å². The lowest BCUT2D eigenvalue weighted by Gasteiger charge is -2.09. The molecular weight excluding hydrogens is 336 g/mol. The summed E-state index contributed by atoms with van der Waals surface area (Å²) in [6.45, 7) is 0. The fraction of sp³-hybridized carbons (Fsp3) is 0. The van der Waals surface area contributed by atoms with Crippen molar-refractivity contribution >= 4 is 28.5 Å². The second-order valence-corrected chi connectivity index (χ2v) is 5.97. The number of aromatic hydroxyl groups is 1. The number of nitrogen functional groups attached to an aromatic ring is 1. The Hall–Kier alpha value is -3.18. The lowest BCUT2D eigenvalue weighted by Crippen LogP contribution is -1.99. The molecule has 122 valence electrons. The highest BCUT2D eigenvalue weighted by atomic mass is 35.5. The van der Waals surface area contributed by atoms with Crippen LogP contribution in [0.3, 0.4) is 0 Å². The van der Waals surface area contributed by atoms with Crippen LogP contribution in [0.25, 0.3) is 33.4 Å². The largest absolute Gasteiger partial charge is 0.506 e. The first-order valence-corrected chi connectivity index (χ1v) is 7.97. The molecule has 0 aliphatic rings. The first-order valence-electron chi connectivity index (χ1n) is 7.59. The lowest BCUT2D eigenvalue weighted by atomic mass is 10.0. The topological polar surface area (TPSA) is 84.9 Å². The van der Waals surface area contributed by atoms with E-state index in [1.807, 2.05) is 30.3 Å². The van der Waals surface area contributed by atoms with Crippen molar-refractivity contribution in [2.75, 3.05) is 5.73 Å². The van der Waals surface area contributed by atoms with Crippen molar-refractivity contribution in [1.29, 1.82) is 0 Å². The maximum atomic E-state index is 10.0. The van der Waals surface area contributed by atoms with Gasteiger partial charge in [0, 0.05) is 27.7 Å². The Morgan fingerprint density at radius 3 is 2.48 bits per heavy atom. The number of phenols is 1. The van der Waals surface area contributed by atoms with Crippen molar-refractivity contribution in [2.24, 2.45) is 0 Å². The summed E-state index contributed by atoms with van der Waals surface area (Å²) in [5.41, 5.74) is 9.52. The second kappa shape index (κ2) is 6.03. The summed E-state index contributed by atoms with van der Waals surface area (Å²) in [7, 11) is 0. The molecule has 2 aromatic heterocycles. The maximum absolute atomic E-state index is 10.0. The second-order valence-electron chi connectivity index (χ2n) is 5.54. The molecule has 4 rings (SSSR count).